The lowest BCUT2D eigenvalue weighted by atomic mass is 10.0. The van der Waals surface area contributed by atoms with Crippen molar-refractivity contribution in [3.05, 3.63) is 0 Å². The molecular weight excluding hydrogens is 419 g/mol. The van der Waals surface area contributed by atoms with Gasteiger partial charge in [-0.1, -0.05) is 0 Å². The van der Waals surface area contributed by atoms with Crippen molar-refractivity contribution in [2.75, 3.05) is 45.9 Å². The van der Waals surface area contributed by atoms with Crippen molar-refractivity contribution in [1.29, 1.82) is 0 Å². The van der Waals surface area contributed by atoms with Gasteiger partial charge in [0.15, 0.2) is 5.96 Å². The third kappa shape index (κ3) is 5.44. The predicted molar refractivity (Wildman–Crippen MR) is 107 cm³/mol. The van der Waals surface area contributed by atoms with Crippen molar-refractivity contribution in [2.24, 2.45) is 4.99 Å². The first-order valence-corrected chi connectivity index (χ1v) is 9.20. The van der Waals surface area contributed by atoms with Gasteiger partial charge in [0.1, 0.15) is 0 Å². The summed E-state index contributed by atoms with van der Waals surface area (Å²) < 4.78 is 11.8. The van der Waals surface area contributed by atoms with Gasteiger partial charge < -0.3 is 20.1 Å². The van der Waals surface area contributed by atoms with Gasteiger partial charge in [0.05, 0.1) is 24.9 Å². The Hall–Kier alpha value is -0.120. The smallest absolute Gasteiger partial charge is 0.191 e. The van der Waals surface area contributed by atoms with E-state index < -0.39 is 0 Å². The molecule has 3 unspecified atom stereocenters. The molecule has 0 aromatic carbocycles. The van der Waals surface area contributed by atoms with Crippen LogP contribution in [0, 0.1) is 0 Å². The number of hydrogen-bond donors (Lipinski definition) is 2. The monoisotopic (exact) mass is 452 g/mol. The molecule has 0 aliphatic carbocycles. The van der Waals surface area contributed by atoms with E-state index >= 15 is 0 Å². The average molecular weight is 452 g/mol. The van der Waals surface area contributed by atoms with E-state index in [-0.39, 0.29) is 35.7 Å². The number of ether oxygens (including phenoxy) is 2. The molecule has 0 aromatic rings. The number of nitrogens with one attached hydrogen (secondary N) is 2. The number of morpholine rings is 1. The molecule has 0 aromatic heterocycles. The molecule has 6 nitrogen and oxygen atoms in total. The number of nitrogens with zero attached hydrogens (tertiary/aromatic N) is 2. The second-order valence-electron chi connectivity index (χ2n) is 7.22. The SMILES string of the molecule is CCNC(=NCC1(C)CCCO1)NCC1CN2CCCC2CO1.I. The average Bonchev–Trinajstić information content (AvgIpc) is 3.19. The summed E-state index contributed by atoms with van der Waals surface area (Å²) >= 11 is 0. The molecule has 0 radical (unpaired) electrons. The second-order valence-corrected chi connectivity index (χ2v) is 7.22. The largest absolute Gasteiger partial charge is 0.373 e. The van der Waals surface area contributed by atoms with E-state index in [1.165, 1.54) is 19.4 Å². The standard InChI is InChI=1S/C17H32N4O2.HI/c1-3-18-16(20-13-17(2)7-5-9-23-17)19-10-15-11-21-8-4-6-14(21)12-22-15;/h14-15H,3-13H2,1-2H3,(H2,18,19,20);1H. The Kier molecular flexibility index (Phi) is 8.03. The molecule has 3 rings (SSSR count). The molecule has 0 bridgehead atoms. The van der Waals surface area contributed by atoms with Crippen molar-refractivity contribution >= 4 is 29.9 Å². The number of hydrogen-bond acceptors (Lipinski definition) is 4. The lowest BCUT2D eigenvalue weighted by molar-refractivity contribution is -0.0453. The lowest BCUT2D eigenvalue weighted by Gasteiger charge is -2.35. The molecule has 3 fully saturated rings. The highest BCUT2D eigenvalue weighted by atomic mass is 127. The van der Waals surface area contributed by atoms with Crippen molar-refractivity contribution in [1.82, 2.24) is 15.5 Å². The van der Waals surface area contributed by atoms with Crippen molar-refractivity contribution in [3.63, 3.8) is 0 Å². The van der Waals surface area contributed by atoms with Crippen LogP contribution in [-0.4, -0.2) is 74.5 Å². The summed E-state index contributed by atoms with van der Waals surface area (Å²) in [4.78, 5) is 7.30. The number of guanidine groups is 1. The fraction of sp³-hybridized carbons (Fsp3) is 0.941. The van der Waals surface area contributed by atoms with E-state index in [2.05, 4.69) is 29.4 Å². The molecule has 7 heteroatoms. The van der Waals surface area contributed by atoms with Crippen molar-refractivity contribution in [3.8, 4) is 0 Å². The maximum atomic E-state index is 6.01. The normalized spacial score (nSPS) is 33.8. The fourth-order valence-electron chi connectivity index (χ4n) is 3.77. The topological polar surface area (TPSA) is 58.1 Å². The zero-order valence-electron chi connectivity index (χ0n) is 15.1. The van der Waals surface area contributed by atoms with Crippen molar-refractivity contribution < 1.29 is 9.47 Å². The molecule has 3 heterocycles. The van der Waals surface area contributed by atoms with E-state index in [9.17, 15) is 0 Å². The summed E-state index contributed by atoms with van der Waals surface area (Å²) in [7, 11) is 0. The number of aliphatic imine (C=N–C) groups is 1. The van der Waals surface area contributed by atoms with Crippen LogP contribution in [0.4, 0.5) is 0 Å². The first-order chi connectivity index (χ1) is 11.2. The molecular formula is C17H33IN4O2. The van der Waals surface area contributed by atoms with Crippen LogP contribution in [0.25, 0.3) is 0 Å². The van der Waals surface area contributed by atoms with Crippen LogP contribution in [0.15, 0.2) is 4.99 Å². The van der Waals surface area contributed by atoms with E-state index in [0.717, 1.165) is 51.6 Å². The highest BCUT2D eigenvalue weighted by Crippen LogP contribution is 2.25. The highest BCUT2D eigenvalue weighted by Gasteiger charge is 2.32. The number of rotatable bonds is 5. The Morgan fingerprint density at radius 1 is 1.33 bits per heavy atom. The Balaban J connectivity index is 0.00000208. The molecule has 3 aliphatic rings. The molecule has 0 spiro atoms. The first-order valence-electron chi connectivity index (χ1n) is 9.20. The van der Waals surface area contributed by atoms with Gasteiger partial charge in [-0.05, 0) is 46.1 Å². The predicted octanol–water partition coefficient (Wildman–Crippen LogP) is 1.59. The highest BCUT2D eigenvalue weighted by molar-refractivity contribution is 14.0. The first kappa shape index (κ1) is 20.2. The van der Waals surface area contributed by atoms with Gasteiger partial charge in [-0.25, -0.2) is 0 Å². The van der Waals surface area contributed by atoms with Gasteiger partial charge in [-0.2, -0.15) is 0 Å². The molecule has 0 amide bonds. The number of fused-ring (bicyclic) bond motifs is 1. The zero-order valence-corrected chi connectivity index (χ0v) is 17.4. The summed E-state index contributed by atoms with van der Waals surface area (Å²) in [6.45, 7) is 10.7. The van der Waals surface area contributed by atoms with Crippen LogP contribution in [0.2, 0.25) is 0 Å². The van der Waals surface area contributed by atoms with Crippen LogP contribution < -0.4 is 10.6 Å². The van der Waals surface area contributed by atoms with Gasteiger partial charge in [-0.3, -0.25) is 9.89 Å². The third-order valence-electron chi connectivity index (χ3n) is 5.18. The van der Waals surface area contributed by atoms with Gasteiger partial charge in [0, 0.05) is 32.3 Å². The van der Waals surface area contributed by atoms with Crippen molar-refractivity contribution in [2.45, 2.75) is 57.3 Å². The van der Waals surface area contributed by atoms with E-state index in [0.29, 0.717) is 12.6 Å². The maximum Gasteiger partial charge on any atom is 0.191 e. The van der Waals surface area contributed by atoms with Gasteiger partial charge in [0.25, 0.3) is 0 Å². The molecule has 0 saturated carbocycles. The van der Waals surface area contributed by atoms with Crippen LogP contribution in [-0.2, 0) is 9.47 Å². The molecule has 140 valence electrons. The fourth-order valence-corrected chi connectivity index (χ4v) is 3.77. The second kappa shape index (κ2) is 9.54. The lowest BCUT2D eigenvalue weighted by Crippen LogP contribution is -2.51. The van der Waals surface area contributed by atoms with Crippen LogP contribution in [0.3, 0.4) is 0 Å². The van der Waals surface area contributed by atoms with Crippen LogP contribution in [0.1, 0.15) is 39.5 Å². The molecule has 3 saturated heterocycles. The Morgan fingerprint density at radius 2 is 2.21 bits per heavy atom. The van der Waals surface area contributed by atoms with Gasteiger partial charge in [-0.15, -0.1) is 24.0 Å². The zero-order chi connectivity index (χ0) is 16.1. The minimum atomic E-state index is -0.0908. The Labute approximate surface area is 163 Å². The quantitative estimate of drug-likeness (QED) is 0.377. The summed E-state index contributed by atoms with van der Waals surface area (Å²) in [5.74, 6) is 0.872. The number of halogens is 1. The summed E-state index contributed by atoms with van der Waals surface area (Å²) in [6, 6.07) is 0.660. The molecule has 3 atom stereocenters. The molecule has 3 aliphatic heterocycles. The van der Waals surface area contributed by atoms with Gasteiger partial charge >= 0.3 is 0 Å². The molecule has 24 heavy (non-hydrogen) atoms. The van der Waals surface area contributed by atoms with E-state index in [1.54, 1.807) is 0 Å². The van der Waals surface area contributed by atoms with Crippen LogP contribution in [0.5, 0.6) is 0 Å². The summed E-state index contributed by atoms with van der Waals surface area (Å²) in [6.07, 6.45) is 5.10. The summed E-state index contributed by atoms with van der Waals surface area (Å²) in [5.41, 5.74) is -0.0908. The molecule has 2 N–H and O–H groups in total. The minimum Gasteiger partial charge on any atom is -0.373 e. The van der Waals surface area contributed by atoms with Gasteiger partial charge in [0.2, 0.25) is 0 Å². The summed E-state index contributed by atoms with van der Waals surface area (Å²) in [5, 5.41) is 6.77. The minimum absolute atomic E-state index is 0. The van der Waals surface area contributed by atoms with E-state index in [4.69, 9.17) is 14.5 Å². The Bertz CT molecular complexity index is 415. The maximum absolute atomic E-state index is 6.01. The van der Waals surface area contributed by atoms with Crippen LogP contribution >= 0.6 is 24.0 Å². The Morgan fingerprint density at radius 3 is 2.96 bits per heavy atom. The van der Waals surface area contributed by atoms with E-state index in [1.807, 2.05) is 0 Å². The third-order valence-corrected chi connectivity index (χ3v) is 5.18.